The number of anilines is 1. The van der Waals surface area contributed by atoms with Crippen molar-refractivity contribution in [2.75, 3.05) is 5.43 Å². The van der Waals surface area contributed by atoms with Crippen molar-refractivity contribution in [3.63, 3.8) is 0 Å². The van der Waals surface area contributed by atoms with Crippen LogP contribution < -0.4 is 5.43 Å². The highest BCUT2D eigenvalue weighted by atomic mass is 16.3. The second-order valence-electron chi connectivity index (χ2n) is 4.71. The second kappa shape index (κ2) is 5.32. The van der Waals surface area contributed by atoms with Crippen LogP contribution in [0.2, 0.25) is 0 Å². The first-order valence-electron chi connectivity index (χ1n) is 6.52. The van der Waals surface area contributed by atoms with E-state index in [2.05, 4.69) is 25.6 Å². The van der Waals surface area contributed by atoms with E-state index >= 15 is 0 Å². The van der Waals surface area contributed by atoms with E-state index in [0.29, 0.717) is 17.0 Å². The van der Waals surface area contributed by atoms with E-state index in [1.807, 2.05) is 6.92 Å². The monoisotopic (exact) mass is 298 g/mol. The number of aromatic hydroxyl groups is 2. The summed E-state index contributed by atoms with van der Waals surface area (Å²) in [6, 6.07) is 4.64. The number of hydrogen-bond acceptors (Lipinski definition) is 7. The van der Waals surface area contributed by atoms with E-state index in [9.17, 15) is 10.2 Å². The Kier molecular flexibility index (Phi) is 3.34. The van der Waals surface area contributed by atoms with Crippen molar-refractivity contribution in [2.45, 2.75) is 6.92 Å². The molecule has 3 rings (SSSR count). The summed E-state index contributed by atoms with van der Waals surface area (Å²) < 4.78 is 1.67. The summed E-state index contributed by atoms with van der Waals surface area (Å²) in [7, 11) is 1.81. The quantitative estimate of drug-likeness (QED) is 0.384. The zero-order chi connectivity index (χ0) is 15.7. The highest BCUT2D eigenvalue weighted by molar-refractivity contribution is 5.90. The Bertz CT molecular complexity index is 871. The first-order chi connectivity index (χ1) is 10.6. The average Bonchev–Trinajstić information content (AvgIpc) is 2.79. The molecule has 0 saturated carbocycles. The Balaban J connectivity index is 1.91. The van der Waals surface area contributed by atoms with Gasteiger partial charge in [-0.2, -0.15) is 10.2 Å². The first kappa shape index (κ1) is 13.8. The number of benzene rings is 1. The van der Waals surface area contributed by atoms with Crippen LogP contribution in [0.5, 0.6) is 11.5 Å². The highest BCUT2D eigenvalue weighted by Crippen LogP contribution is 2.27. The molecule has 0 amide bonds. The van der Waals surface area contributed by atoms with Crippen LogP contribution in [0.3, 0.4) is 0 Å². The van der Waals surface area contributed by atoms with Crippen LogP contribution in [0.1, 0.15) is 11.3 Å². The van der Waals surface area contributed by atoms with E-state index in [4.69, 9.17) is 0 Å². The Hall–Kier alpha value is -3.16. The third-order valence-electron chi connectivity index (χ3n) is 3.22. The number of hydrazone groups is 1. The molecule has 0 saturated heterocycles. The Labute approximate surface area is 125 Å². The second-order valence-corrected chi connectivity index (χ2v) is 4.71. The predicted octanol–water partition coefficient (Wildman–Crippen LogP) is 1.53. The molecule has 0 bridgehead atoms. The number of rotatable bonds is 3. The summed E-state index contributed by atoms with van der Waals surface area (Å²) in [6.45, 7) is 1.86. The van der Waals surface area contributed by atoms with Crippen molar-refractivity contribution < 1.29 is 10.2 Å². The van der Waals surface area contributed by atoms with Crippen molar-refractivity contribution in [3.8, 4) is 11.5 Å². The fourth-order valence-electron chi connectivity index (χ4n) is 2.18. The summed E-state index contributed by atoms with van der Waals surface area (Å²) in [5.74, 6) is 0.0985. The fraction of sp³-hybridized carbons (Fsp3) is 0.143. The molecular weight excluding hydrogens is 284 g/mol. The lowest BCUT2D eigenvalue weighted by Gasteiger charge is -2.02. The predicted molar refractivity (Wildman–Crippen MR) is 82.0 cm³/mol. The first-order valence-corrected chi connectivity index (χ1v) is 6.52. The van der Waals surface area contributed by atoms with E-state index in [-0.39, 0.29) is 11.5 Å². The van der Waals surface area contributed by atoms with Gasteiger partial charge in [0.15, 0.2) is 23.0 Å². The molecule has 8 heteroatoms. The number of phenols is 2. The lowest BCUT2D eigenvalue weighted by molar-refractivity contribution is 0.403. The maximum Gasteiger partial charge on any atom is 0.166 e. The van der Waals surface area contributed by atoms with Crippen LogP contribution in [0.4, 0.5) is 5.82 Å². The number of aryl methyl sites for hydroxylation is 2. The molecular formula is C14H14N6O2. The molecule has 8 nitrogen and oxygen atoms in total. The third-order valence-corrected chi connectivity index (χ3v) is 3.22. The smallest absolute Gasteiger partial charge is 0.166 e. The van der Waals surface area contributed by atoms with Gasteiger partial charge in [-0.25, -0.2) is 9.97 Å². The third kappa shape index (κ3) is 2.30. The van der Waals surface area contributed by atoms with Gasteiger partial charge >= 0.3 is 0 Å². The molecule has 0 radical (unpaired) electrons. The van der Waals surface area contributed by atoms with E-state index < -0.39 is 0 Å². The number of phenolic OH excluding ortho intramolecular Hbond substituents is 2. The SMILES string of the molecule is Cc1nn(C)c2ncnc(N/N=C/c3cccc(O)c3O)c12. The maximum absolute atomic E-state index is 9.71. The van der Waals surface area contributed by atoms with Gasteiger partial charge in [0.25, 0.3) is 0 Å². The molecule has 0 aliphatic rings. The molecule has 0 atom stereocenters. The maximum atomic E-state index is 9.71. The average molecular weight is 298 g/mol. The molecule has 0 aliphatic carbocycles. The number of fused-ring (bicyclic) bond motifs is 1. The van der Waals surface area contributed by atoms with Gasteiger partial charge in [0.2, 0.25) is 0 Å². The minimum Gasteiger partial charge on any atom is -0.504 e. The standard InChI is InChI=1S/C14H14N6O2/c1-8-11-13(15-7-16-14(11)20(2)19-8)18-17-6-9-4-3-5-10(21)12(9)22/h3-7,21-22H,1-2H3,(H,15,16,18)/b17-6+. The number of hydrogen-bond donors (Lipinski definition) is 3. The normalized spacial score (nSPS) is 11.4. The topological polar surface area (TPSA) is 108 Å². The van der Waals surface area contributed by atoms with Crippen LogP contribution in [0.25, 0.3) is 11.0 Å². The van der Waals surface area contributed by atoms with Crippen molar-refractivity contribution in [1.29, 1.82) is 0 Å². The van der Waals surface area contributed by atoms with Gasteiger partial charge in [-0.1, -0.05) is 6.07 Å². The van der Waals surface area contributed by atoms with E-state index in [1.54, 1.807) is 23.9 Å². The van der Waals surface area contributed by atoms with Gasteiger partial charge in [-0.15, -0.1) is 0 Å². The van der Waals surface area contributed by atoms with Gasteiger partial charge in [-0.05, 0) is 19.1 Å². The Morgan fingerprint density at radius 3 is 2.91 bits per heavy atom. The molecule has 0 aliphatic heterocycles. The summed E-state index contributed by atoms with van der Waals surface area (Å²) in [5.41, 5.74) is 4.69. The number of aromatic nitrogens is 4. The molecule has 112 valence electrons. The van der Waals surface area contributed by atoms with Crippen molar-refractivity contribution in [1.82, 2.24) is 19.7 Å². The summed E-state index contributed by atoms with van der Waals surface area (Å²) in [5, 5.41) is 28.3. The van der Waals surface area contributed by atoms with Gasteiger partial charge in [0.05, 0.1) is 17.3 Å². The molecule has 3 N–H and O–H groups in total. The fourth-order valence-corrected chi connectivity index (χ4v) is 2.18. The Morgan fingerprint density at radius 2 is 2.09 bits per heavy atom. The van der Waals surface area contributed by atoms with Gasteiger partial charge < -0.3 is 10.2 Å². The van der Waals surface area contributed by atoms with Crippen molar-refractivity contribution in [3.05, 3.63) is 35.8 Å². The number of para-hydroxylation sites is 1. The summed E-state index contributed by atoms with van der Waals surface area (Å²) in [6.07, 6.45) is 2.82. The van der Waals surface area contributed by atoms with Crippen LogP contribution in [-0.4, -0.2) is 36.2 Å². The van der Waals surface area contributed by atoms with Crippen LogP contribution in [0.15, 0.2) is 29.6 Å². The molecule has 0 unspecified atom stereocenters. The molecule has 1 aromatic carbocycles. The van der Waals surface area contributed by atoms with Gasteiger partial charge in [0.1, 0.15) is 6.33 Å². The van der Waals surface area contributed by atoms with Crippen LogP contribution >= 0.6 is 0 Å². The van der Waals surface area contributed by atoms with Gasteiger partial charge in [-0.3, -0.25) is 10.1 Å². The van der Waals surface area contributed by atoms with Gasteiger partial charge in [0, 0.05) is 12.6 Å². The lowest BCUT2D eigenvalue weighted by atomic mass is 10.2. The van der Waals surface area contributed by atoms with Crippen LogP contribution in [0, 0.1) is 6.92 Å². The number of nitrogens with zero attached hydrogens (tertiary/aromatic N) is 5. The molecule has 0 fully saturated rings. The molecule has 22 heavy (non-hydrogen) atoms. The molecule has 2 heterocycles. The Morgan fingerprint density at radius 1 is 1.27 bits per heavy atom. The molecule has 3 aromatic rings. The van der Waals surface area contributed by atoms with Crippen LogP contribution in [-0.2, 0) is 7.05 Å². The summed E-state index contributed by atoms with van der Waals surface area (Å²) in [4.78, 5) is 8.33. The zero-order valence-corrected chi connectivity index (χ0v) is 12.0. The highest BCUT2D eigenvalue weighted by Gasteiger charge is 2.11. The summed E-state index contributed by atoms with van der Waals surface area (Å²) >= 11 is 0. The van der Waals surface area contributed by atoms with E-state index in [1.165, 1.54) is 18.6 Å². The van der Waals surface area contributed by atoms with Crippen molar-refractivity contribution in [2.24, 2.45) is 12.1 Å². The number of nitrogens with one attached hydrogen (secondary N) is 1. The molecule has 2 aromatic heterocycles. The lowest BCUT2D eigenvalue weighted by Crippen LogP contribution is -1.97. The minimum absolute atomic E-state index is 0.198. The minimum atomic E-state index is -0.224. The van der Waals surface area contributed by atoms with E-state index in [0.717, 1.165) is 11.1 Å². The zero-order valence-electron chi connectivity index (χ0n) is 12.0. The largest absolute Gasteiger partial charge is 0.504 e. The van der Waals surface area contributed by atoms with Crippen molar-refractivity contribution >= 4 is 23.1 Å². The molecule has 0 spiro atoms.